The fourth-order valence-electron chi connectivity index (χ4n) is 1.62. The number of rotatable bonds is 3. The van der Waals surface area contributed by atoms with Crippen molar-refractivity contribution in [2.45, 2.75) is 13.5 Å². The molecule has 0 spiro atoms. The third-order valence-electron chi connectivity index (χ3n) is 2.51. The second-order valence-electron chi connectivity index (χ2n) is 3.93. The minimum absolute atomic E-state index is 0.0118. The summed E-state index contributed by atoms with van der Waals surface area (Å²) in [6.45, 7) is 1.96. The maximum Gasteiger partial charge on any atom is 0.130 e. The van der Waals surface area contributed by atoms with E-state index in [4.69, 9.17) is 15.6 Å². The van der Waals surface area contributed by atoms with Gasteiger partial charge in [0, 0.05) is 5.69 Å². The normalized spacial score (nSPS) is 10.2. The number of aryl methyl sites for hydroxylation is 1. The van der Waals surface area contributed by atoms with Crippen molar-refractivity contribution in [3.05, 3.63) is 53.6 Å². The minimum Gasteiger partial charge on any atom is -0.457 e. The fraction of sp³-hybridized carbons (Fsp3) is 0.143. The summed E-state index contributed by atoms with van der Waals surface area (Å²) in [6.07, 6.45) is 0. The van der Waals surface area contributed by atoms with Crippen LogP contribution in [0.2, 0.25) is 0 Å². The van der Waals surface area contributed by atoms with E-state index in [1.54, 1.807) is 6.07 Å². The zero-order chi connectivity index (χ0) is 12.3. The molecule has 0 atom stereocenters. The summed E-state index contributed by atoms with van der Waals surface area (Å²) >= 11 is 0. The highest BCUT2D eigenvalue weighted by atomic mass is 16.5. The molecule has 0 heterocycles. The van der Waals surface area contributed by atoms with Gasteiger partial charge in [-0.3, -0.25) is 0 Å². The van der Waals surface area contributed by atoms with Crippen molar-refractivity contribution >= 4 is 5.69 Å². The molecule has 0 bridgehead atoms. The van der Waals surface area contributed by atoms with Gasteiger partial charge in [0.1, 0.15) is 11.5 Å². The molecule has 3 heteroatoms. The van der Waals surface area contributed by atoms with Gasteiger partial charge in [0.2, 0.25) is 0 Å². The van der Waals surface area contributed by atoms with Crippen molar-refractivity contribution in [2.75, 3.05) is 5.73 Å². The van der Waals surface area contributed by atoms with Crippen molar-refractivity contribution in [3.8, 4) is 11.5 Å². The van der Waals surface area contributed by atoms with Crippen LogP contribution in [0.1, 0.15) is 11.1 Å². The number of aliphatic hydroxyl groups excluding tert-OH is 1. The summed E-state index contributed by atoms with van der Waals surface area (Å²) in [5.41, 5.74) is 8.21. The number of aliphatic hydroxyl groups is 1. The Morgan fingerprint density at radius 2 is 2.00 bits per heavy atom. The molecule has 0 aliphatic carbocycles. The van der Waals surface area contributed by atoms with Crippen LogP contribution in [0.3, 0.4) is 0 Å². The van der Waals surface area contributed by atoms with E-state index in [-0.39, 0.29) is 6.61 Å². The Morgan fingerprint density at radius 3 is 2.71 bits per heavy atom. The van der Waals surface area contributed by atoms with Crippen LogP contribution >= 0.6 is 0 Å². The van der Waals surface area contributed by atoms with Gasteiger partial charge in [0.15, 0.2) is 0 Å². The van der Waals surface area contributed by atoms with Crippen molar-refractivity contribution < 1.29 is 9.84 Å². The molecule has 2 aromatic rings. The molecule has 0 fully saturated rings. The van der Waals surface area contributed by atoms with E-state index >= 15 is 0 Å². The van der Waals surface area contributed by atoms with Crippen LogP contribution in [0.25, 0.3) is 0 Å². The summed E-state index contributed by atoms with van der Waals surface area (Å²) in [4.78, 5) is 0. The van der Waals surface area contributed by atoms with E-state index in [0.29, 0.717) is 5.75 Å². The molecule has 0 aliphatic heterocycles. The molecule has 0 saturated heterocycles. The van der Waals surface area contributed by atoms with E-state index in [0.717, 1.165) is 22.6 Å². The first-order valence-electron chi connectivity index (χ1n) is 5.43. The van der Waals surface area contributed by atoms with Crippen molar-refractivity contribution in [3.63, 3.8) is 0 Å². The first-order valence-corrected chi connectivity index (χ1v) is 5.43. The summed E-state index contributed by atoms with van der Waals surface area (Å²) in [5.74, 6) is 1.48. The quantitative estimate of drug-likeness (QED) is 0.796. The molecule has 0 radical (unpaired) electrons. The van der Waals surface area contributed by atoms with Crippen LogP contribution in [0.15, 0.2) is 42.5 Å². The van der Waals surface area contributed by atoms with Gasteiger partial charge in [0.25, 0.3) is 0 Å². The highest BCUT2D eigenvalue weighted by Crippen LogP contribution is 2.26. The summed E-state index contributed by atoms with van der Waals surface area (Å²) in [5, 5.41) is 9.05. The van der Waals surface area contributed by atoms with Gasteiger partial charge >= 0.3 is 0 Å². The lowest BCUT2D eigenvalue weighted by Crippen LogP contribution is -1.91. The number of nitrogens with two attached hydrogens (primary N) is 1. The SMILES string of the molecule is Cc1cc(N)ccc1Oc1cccc(CO)c1. The lowest BCUT2D eigenvalue weighted by molar-refractivity contribution is 0.281. The smallest absolute Gasteiger partial charge is 0.130 e. The zero-order valence-electron chi connectivity index (χ0n) is 9.68. The molecular formula is C14H15NO2. The van der Waals surface area contributed by atoms with Gasteiger partial charge in [-0.05, 0) is 48.4 Å². The zero-order valence-corrected chi connectivity index (χ0v) is 9.68. The van der Waals surface area contributed by atoms with Crippen LogP contribution in [0.5, 0.6) is 11.5 Å². The number of hydrogen-bond donors (Lipinski definition) is 2. The van der Waals surface area contributed by atoms with Crippen LogP contribution in [-0.2, 0) is 6.61 Å². The lowest BCUT2D eigenvalue weighted by atomic mass is 10.2. The molecule has 88 valence electrons. The minimum atomic E-state index is 0.0118. The molecular weight excluding hydrogens is 214 g/mol. The average Bonchev–Trinajstić information content (AvgIpc) is 2.33. The first kappa shape index (κ1) is 11.5. The maximum atomic E-state index is 9.05. The molecule has 3 N–H and O–H groups in total. The van der Waals surface area contributed by atoms with E-state index < -0.39 is 0 Å². The number of anilines is 1. The standard InChI is InChI=1S/C14H15NO2/c1-10-7-12(15)5-6-14(10)17-13-4-2-3-11(8-13)9-16/h2-8,16H,9,15H2,1H3. The number of ether oxygens (including phenoxy) is 1. The van der Waals surface area contributed by atoms with Crippen LogP contribution in [0.4, 0.5) is 5.69 Å². The van der Waals surface area contributed by atoms with Gasteiger partial charge in [-0.1, -0.05) is 12.1 Å². The molecule has 0 amide bonds. The summed E-state index contributed by atoms with van der Waals surface area (Å²) < 4.78 is 5.74. The Labute approximate surface area is 100 Å². The van der Waals surface area contributed by atoms with E-state index in [1.807, 2.05) is 43.3 Å². The van der Waals surface area contributed by atoms with Gasteiger partial charge in [-0.25, -0.2) is 0 Å². The average molecular weight is 229 g/mol. The third-order valence-corrected chi connectivity index (χ3v) is 2.51. The number of nitrogen functional groups attached to an aromatic ring is 1. The number of benzene rings is 2. The summed E-state index contributed by atoms with van der Waals surface area (Å²) in [7, 11) is 0. The predicted molar refractivity (Wildman–Crippen MR) is 68.0 cm³/mol. The fourth-order valence-corrected chi connectivity index (χ4v) is 1.62. The monoisotopic (exact) mass is 229 g/mol. The Morgan fingerprint density at radius 1 is 1.18 bits per heavy atom. The van der Waals surface area contributed by atoms with E-state index in [2.05, 4.69) is 0 Å². The Bertz CT molecular complexity index is 523. The maximum absolute atomic E-state index is 9.05. The Kier molecular flexibility index (Phi) is 3.30. The van der Waals surface area contributed by atoms with Gasteiger partial charge in [-0.2, -0.15) is 0 Å². The predicted octanol–water partition coefficient (Wildman–Crippen LogP) is 2.86. The van der Waals surface area contributed by atoms with Crippen molar-refractivity contribution in [1.29, 1.82) is 0 Å². The molecule has 0 aromatic heterocycles. The Balaban J connectivity index is 2.25. The molecule has 2 rings (SSSR count). The highest BCUT2D eigenvalue weighted by Gasteiger charge is 2.02. The largest absolute Gasteiger partial charge is 0.457 e. The van der Waals surface area contributed by atoms with Gasteiger partial charge in [0.05, 0.1) is 6.61 Å². The van der Waals surface area contributed by atoms with E-state index in [1.165, 1.54) is 0 Å². The van der Waals surface area contributed by atoms with E-state index in [9.17, 15) is 0 Å². The van der Waals surface area contributed by atoms with Gasteiger partial charge in [-0.15, -0.1) is 0 Å². The molecule has 2 aromatic carbocycles. The molecule has 3 nitrogen and oxygen atoms in total. The molecule has 0 unspecified atom stereocenters. The van der Waals surface area contributed by atoms with Crippen molar-refractivity contribution in [2.24, 2.45) is 0 Å². The molecule has 17 heavy (non-hydrogen) atoms. The van der Waals surface area contributed by atoms with Crippen LogP contribution < -0.4 is 10.5 Å². The van der Waals surface area contributed by atoms with Crippen LogP contribution in [-0.4, -0.2) is 5.11 Å². The number of hydrogen-bond acceptors (Lipinski definition) is 3. The van der Waals surface area contributed by atoms with Gasteiger partial charge < -0.3 is 15.6 Å². The molecule has 0 saturated carbocycles. The topological polar surface area (TPSA) is 55.5 Å². The first-order chi connectivity index (χ1) is 8.19. The third kappa shape index (κ3) is 2.77. The Hall–Kier alpha value is -2.00. The van der Waals surface area contributed by atoms with Crippen LogP contribution in [0, 0.1) is 6.92 Å². The van der Waals surface area contributed by atoms with Crippen molar-refractivity contribution in [1.82, 2.24) is 0 Å². The summed E-state index contributed by atoms with van der Waals surface area (Å²) in [6, 6.07) is 12.9. The highest BCUT2D eigenvalue weighted by molar-refractivity contribution is 5.48. The second-order valence-corrected chi connectivity index (χ2v) is 3.93. The lowest BCUT2D eigenvalue weighted by Gasteiger charge is -2.09. The second kappa shape index (κ2) is 4.89. The molecule has 0 aliphatic rings.